The monoisotopic (exact) mass is 1240 g/mol. The largest absolute Gasteiger partial charge is 2.00 e. The van der Waals surface area contributed by atoms with Crippen molar-refractivity contribution in [3.63, 3.8) is 0 Å². The summed E-state index contributed by atoms with van der Waals surface area (Å²) in [6.45, 7) is 24.0. The molecule has 8 aromatic rings. The first-order valence-electron chi connectivity index (χ1n) is 29.2. The van der Waals surface area contributed by atoms with Crippen LogP contribution in [0.3, 0.4) is 0 Å². The van der Waals surface area contributed by atoms with Crippen molar-refractivity contribution >= 4 is 74.1 Å². The number of rotatable bonds is 14. The van der Waals surface area contributed by atoms with Crippen molar-refractivity contribution in [2.45, 2.75) is 69.2 Å². The molecule has 2 fully saturated rings. The zero-order chi connectivity index (χ0) is 57.2. The van der Waals surface area contributed by atoms with Gasteiger partial charge < -0.3 is 24.7 Å². The van der Waals surface area contributed by atoms with Gasteiger partial charge in [-0.15, -0.1) is 0 Å². The Balaban J connectivity index is 0.000000249. The van der Waals surface area contributed by atoms with Crippen LogP contribution in [-0.4, -0.2) is 24.6 Å². The summed E-state index contributed by atoms with van der Waals surface area (Å²) in [5.41, 5.74) is 0. The molecule has 0 aromatic heterocycles. The standard InChI is InChI=1S/2C26H24P2.2C10H20.C4.2Fe/c2*1-5-13-23(14-6-1)27(24-15-7-2-8-16-24)21-22-28(25-17-9-3-10-18-25)26-19-11-4-12-20-26;2*1-6-7(2)9(4)10(5)8(6)3;1-3-4-2;;/h2*1-20H,21-22H2;2*6-10H,1-5H3;;;/q;;;;-2;2*+2. The van der Waals surface area contributed by atoms with Gasteiger partial charge in [0.1, 0.15) is 0 Å². The molecule has 10 rings (SSSR count). The summed E-state index contributed by atoms with van der Waals surface area (Å²) in [6, 6.07) is 88.4. The van der Waals surface area contributed by atoms with Gasteiger partial charge in [-0.2, -0.15) is 0 Å². The smallest absolute Gasteiger partial charge is 0.500 e. The Morgan fingerprint density at radius 3 is 0.402 bits per heavy atom. The molecule has 0 aliphatic heterocycles. The van der Waals surface area contributed by atoms with Crippen LogP contribution in [0.1, 0.15) is 69.2 Å². The second kappa shape index (κ2) is 37.8. The molecule has 0 N–H and O–H groups in total. The van der Waals surface area contributed by atoms with Gasteiger partial charge >= 0.3 is 34.1 Å². The van der Waals surface area contributed by atoms with Gasteiger partial charge in [0, 0.05) is 0 Å². The molecule has 426 valence electrons. The molecule has 0 radical (unpaired) electrons. The third kappa shape index (κ3) is 20.7. The second-order valence-electron chi connectivity index (χ2n) is 22.1. The van der Waals surface area contributed by atoms with Gasteiger partial charge in [0.2, 0.25) is 0 Å². The van der Waals surface area contributed by atoms with E-state index in [1.807, 2.05) is 0 Å². The Bertz CT molecular complexity index is 2370. The summed E-state index contributed by atoms with van der Waals surface area (Å²) in [4.78, 5) is 0. The molecule has 0 unspecified atom stereocenters. The van der Waals surface area contributed by atoms with E-state index in [-0.39, 0.29) is 65.8 Å². The van der Waals surface area contributed by atoms with Crippen molar-refractivity contribution < 1.29 is 34.1 Å². The van der Waals surface area contributed by atoms with Crippen LogP contribution in [0.5, 0.6) is 0 Å². The average Bonchev–Trinajstić information content (AvgIpc) is 3.95. The Hall–Kier alpha value is -4.36. The van der Waals surface area contributed by atoms with Gasteiger partial charge in [-0.25, -0.2) is 0 Å². The van der Waals surface area contributed by atoms with Crippen LogP contribution in [0.2, 0.25) is 0 Å². The van der Waals surface area contributed by atoms with Crippen molar-refractivity contribution in [1.82, 2.24) is 0 Å². The summed E-state index contributed by atoms with van der Waals surface area (Å²) in [5, 5.41) is 11.8. The van der Waals surface area contributed by atoms with E-state index in [9.17, 15) is 0 Å². The molecule has 0 bridgehead atoms. The van der Waals surface area contributed by atoms with Crippen molar-refractivity contribution in [2.75, 3.05) is 24.6 Å². The molecule has 8 aromatic carbocycles. The van der Waals surface area contributed by atoms with E-state index in [0.717, 1.165) is 59.2 Å². The van der Waals surface area contributed by atoms with E-state index in [2.05, 4.69) is 312 Å². The van der Waals surface area contributed by atoms with Crippen LogP contribution in [-0.2, 0) is 34.1 Å². The minimum absolute atomic E-state index is 0. The first-order valence-corrected chi connectivity index (χ1v) is 35.3. The Kier molecular flexibility index (Phi) is 32.4. The van der Waals surface area contributed by atoms with E-state index in [4.69, 9.17) is 12.8 Å². The fraction of sp³-hybridized carbons (Fsp3) is 0.316. The second-order valence-corrected chi connectivity index (χ2v) is 31.5. The molecule has 0 spiro atoms. The fourth-order valence-electron chi connectivity index (χ4n) is 11.7. The molecule has 0 amide bonds. The average molecular weight is 1240 g/mol. The maximum atomic E-state index is 5.90. The maximum Gasteiger partial charge on any atom is 2.00 e. The van der Waals surface area contributed by atoms with Crippen molar-refractivity contribution in [1.29, 1.82) is 0 Å². The molecule has 0 heterocycles. The van der Waals surface area contributed by atoms with Crippen LogP contribution < -0.4 is 42.4 Å². The normalized spacial score (nSPS) is 21.2. The predicted molar refractivity (Wildman–Crippen MR) is 362 cm³/mol. The molecular weight excluding hydrogens is 1150 g/mol. The Morgan fingerprint density at radius 2 is 0.317 bits per heavy atom. The van der Waals surface area contributed by atoms with Crippen LogP contribution >= 0.6 is 31.7 Å². The SMILES string of the molecule is CC1C(C)C(C)C(C)C1C.CC1C(C)C(C)C(C)C1C.[C-]#CC#[C-].[Fe+2].[Fe+2].c1ccc(P(CCP(c2ccccc2)c2ccccc2)c2ccccc2)cc1.c1ccc(P(CCP(c2ccccc2)c2ccccc2)c2ccccc2)cc1. The van der Waals surface area contributed by atoms with E-state index < -0.39 is 0 Å². The minimum atomic E-state index is -0.348. The van der Waals surface area contributed by atoms with Crippen LogP contribution in [0.4, 0.5) is 0 Å². The van der Waals surface area contributed by atoms with Gasteiger partial charge in [0.15, 0.2) is 0 Å². The van der Waals surface area contributed by atoms with Gasteiger partial charge in [0.25, 0.3) is 0 Å². The van der Waals surface area contributed by atoms with Gasteiger partial charge in [0.05, 0.1) is 0 Å². The number of benzene rings is 8. The van der Waals surface area contributed by atoms with Crippen molar-refractivity contribution in [2.24, 2.45) is 59.2 Å². The van der Waals surface area contributed by atoms with Crippen LogP contribution in [0, 0.1) is 83.9 Å². The third-order valence-electron chi connectivity index (χ3n) is 18.0. The summed E-state index contributed by atoms with van der Waals surface area (Å²) >= 11 is 0. The summed E-state index contributed by atoms with van der Waals surface area (Å²) in [6.07, 6.45) is 16.6. The maximum absolute atomic E-state index is 5.90. The van der Waals surface area contributed by atoms with Gasteiger partial charge in [-0.3, -0.25) is 0 Å². The minimum Gasteiger partial charge on any atom is -0.500 e. The first-order chi connectivity index (χ1) is 38.9. The summed E-state index contributed by atoms with van der Waals surface area (Å²) < 4.78 is 0. The van der Waals surface area contributed by atoms with E-state index >= 15 is 0 Å². The number of hydrogen-bond donors (Lipinski definition) is 0. The number of hydrogen-bond acceptors (Lipinski definition) is 0. The molecule has 0 nitrogen and oxygen atoms in total. The Labute approximate surface area is 524 Å². The van der Waals surface area contributed by atoms with Crippen molar-refractivity contribution in [3.8, 4) is 11.8 Å². The molecule has 2 aliphatic carbocycles. The molecular formula is C76H88Fe2P4+2. The molecule has 0 atom stereocenters. The van der Waals surface area contributed by atoms with E-state index in [0.29, 0.717) is 0 Å². The fourth-order valence-corrected chi connectivity index (χ4v) is 22.4. The molecule has 0 saturated heterocycles. The summed E-state index contributed by atoms with van der Waals surface area (Å²) in [5.74, 6) is 12.5. The summed E-state index contributed by atoms with van der Waals surface area (Å²) in [7, 11) is -1.39. The quantitative estimate of drug-likeness (QED) is 0.0441. The van der Waals surface area contributed by atoms with Gasteiger partial charge in [-0.1, -0.05) is 312 Å². The van der Waals surface area contributed by atoms with Crippen molar-refractivity contribution in [3.05, 3.63) is 256 Å². The zero-order valence-electron chi connectivity index (χ0n) is 50.2. The van der Waals surface area contributed by atoms with E-state index in [1.54, 1.807) is 11.8 Å². The predicted octanol–water partition coefficient (Wildman–Crippen LogP) is 17.0. The molecule has 6 heteroatoms. The first kappa shape index (κ1) is 70.1. The molecule has 82 heavy (non-hydrogen) atoms. The zero-order valence-corrected chi connectivity index (χ0v) is 56.0. The topological polar surface area (TPSA) is 0 Å². The Morgan fingerprint density at radius 1 is 0.220 bits per heavy atom. The third-order valence-corrected chi connectivity index (χ3v) is 28.8. The van der Waals surface area contributed by atoms with E-state index in [1.165, 1.54) is 67.1 Å². The van der Waals surface area contributed by atoms with Crippen LogP contribution in [0.15, 0.2) is 243 Å². The van der Waals surface area contributed by atoms with Gasteiger partial charge in [-0.05, 0) is 158 Å². The van der Waals surface area contributed by atoms with Crippen LogP contribution in [0.25, 0.3) is 0 Å². The molecule has 2 saturated carbocycles. The molecule has 2 aliphatic rings.